The molecule has 0 radical (unpaired) electrons. The first-order valence-corrected chi connectivity index (χ1v) is 11.3. The fourth-order valence-corrected chi connectivity index (χ4v) is 4.24. The van der Waals surface area contributed by atoms with Crippen molar-refractivity contribution in [2.45, 2.75) is 19.5 Å². The largest absolute Gasteiger partial charge is 0.494 e. The highest BCUT2D eigenvalue weighted by Gasteiger charge is 2.26. The van der Waals surface area contributed by atoms with Crippen molar-refractivity contribution in [3.63, 3.8) is 0 Å². The van der Waals surface area contributed by atoms with Gasteiger partial charge >= 0.3 is 0 Å². The summed E-state index contributed by atoms with van der Waals surface area (Å²) < 4.78 is 19.0. The number of nitrogens with one attached hydrogen (secondary N) is 1. The van der Waals surface area contributed by atoms with E-state index in [2.05, 4.69) is 15.1 Å². The molecule has 1 heterocycles. The highest BCUT2D eigenvalue weighted by atomic mass is 19.1. The normalized spacial score (nSPS) is 15.7. The van der Waals surface area contributed by atoms with Gasteiger partial charge in [-0.25, -0.2) is 4.39 Å². The van der Waals surface area contributed by atoms with Gasteiger partial charge in [-0.05, 0) is 36.2 Å². The number of halogens is 1. The van der Waals surface area contributed by atoms with E-state index in [-0.39, 0.29) is 23.5 Å². The van der Waals surface area contributed by atoms with Crippen molar-refractivity contribution >= 4 is 11.6 Å². The van der Waals surface area contributed by atoms with Crippen molar-refractivity contribution < 1.29 is 13.9 Å². The fraction of sp³-hybridized carbons (Fsp3) is 0.296. The topological polar surface area (TPSA) is 44.8 Å². The molecule has 3 aromatic carbocycles. The fourth-order valence-electron chi connectivity index (χ4n) is 4.24. The van der Waals surface area contributed by atoms with Gasteiger partial charge in [-0.15, -0.1) is 0 Å². The lowest BCUT2D eigenvalue weighted by molar-refractivity contribution is -0.121. The zero-order valence-corrected chi connectivity index (χ0v) is 19.1. The molecule has 0 aliphatic carbocycles. The molecule has 3 aromatic rings. The van der Waals surface area contributed by atoms with Gasteiger partial charge in [0.1, 0.15) is 0 Å². The number of hydrogen-bond donors (Lipinski definition) is 1. The van der Waals surface area contributed by atoms with Crippen molar-refractivity contribution in [2.75, 3.05) is 38.6 Å². The standard InChI is InChI=1S/C27H30FN3O2/c1-20(27(32)29-25-11-7-6-10-23(25)22-8-4-3-5-9-22)31-16-14-30(15-17-31)19-21-12-13-26(33-2)24(28)18-21/h3-13,18,20H,14-17,19H2,1-2H3,(H,29,32)/t20-/m1/s1. The summed E-state index contributed by atoms with van der Waals surface area (Å²) in [5.74, 6) is -0.0870. The molecule has 4 rings (SSSR count). The monoisotopic (exact) mass is 447 g/mol. The molecular weight excluding hydrogens is 417 g/mol. The van der Waals surface area contributed by atoms with Crippen LogP contribution in [0.15, 0.2) is 72.8 Å². The predicted octanol–water partition coefficient (Wildman–Crippen LogP) is 4.65. The van der Waals surface area contributed by atoms with Crippen molar-refractivity contribution in [1.82, 2.24) is 9.80 Å². The Hall–Kier alpha value is -3.22. The minimum absolute atomic E-state index is 0.0101. The van der Waals surface area contributed by atoms with Crippen LogP contribution in [0.5, 0.6) is 5.75 Å². The summed E-state index contributed by atoms with van der Waals surface area (Å²) >= 11 is 0. The number of benzene rings is 3. The van der Waals surface area contributed by atoms with Gasteiger partial charge in [0.2, 0.25) is 5.91 Å². The molecule has 1 saturated heterocycles. The van der Waals surface area contributed by atoms with E-state index >= 15 is 0 Å². The second kappa shape index (κ2) is 10.6. The van der Waals surface area contributed by atoms with E-state index in [4.69, 9.17) is 4.74 Å². The highest BCUT2D eigenvalue weighted by molar-refractivity contribution is 5.98. The van der Waals surface area contributed by atoms with Gasteiger partial charge in [-0.3, -0.25) is 14.6 Å². The van der Waals surface area contributed by atoms with Crippen LogP contribution >= 0.6 is 0 Å². The smallest absolute Gasteiger partial charge is 0.241 e. The van der Waals surface area contributed by atoms with Crippen molar-refractivity contribution in [2.24, 2.45) is 0 Å². The predicted molar refractivity (Wildman–Crippen MR) is 130 cm³/mol. The SMILES string of the molecule is COc1ccc(CN2CCN([C@H](C)C(=O)Nc3ccccc3-c3ccccc3)CC2)cc1F. The van der Waals surface area contributed by atoms with Crippen LogP contribution in [-0.2, 0) is 11.3 Å². The molecule has 0 saturated carbocycles. The zero-order valence-electron chi connectivity index (χ0n) is 19.1. The molecule has 0 spiro atoms. The minimum Gasteiger partial charge on any atom is -0.494 e. The number of rotatable bonds is 7. The maximum Gasteiger partial charge on any atom is 0.241 e. The van der Waals surface area contributed by atoms with Crippen LogP contribution in [-0.4, -0.2) is 55.0 Å². The summed E-state index contributed by atoms with van der Waals surface area (Å²) in [6.45, 7) is 5.85. The number of anilines is 1. The number of piperazine rings is 1. The Bertz CT molecular complexity index is 1080. The summed E-state index contributed by atoms with van der Waals surface area (Å²) in [4.78, 5) is 17.5. The molecule has 1 amide bonds. The summed E-state index contributed by atoms with van der Waals surface area (Å²) in [6.07, 6.45) is 0. The maximum atomic E-state index is 14.0. The first-order chi connectivity index (χ1) is 16.0. The van der Waals surface area contributed by atoms with E-state index in [1.165, 1.54) is 13.2 Å². The van der Waals surface area contributed by atoms with Crippen molar-refractivity contribution in [3.05, 3.63) is 84.2 Å². The van der Waals surface area contributed by atoms with Crippen LogP contribution in [0.2, 0.25) is 0 Å². The van der Waals surface area contributed by atoms with Crippen molar-refractivity contribution in [1.29, 1.82) is 0 Å². The molecule has 1 atom stereocenters. The van der Waals surface area contributed by atoms with Gasteiger partial charge in [0.25, 0.3) is 0 Å². The Morgan fingerprint density at radius 1 is 1.00 bits per heavy atom. The number of hydrogen-bond acceptors (Lipinski definition) is 4. The maximum absolute atomic E-state index is 14.0. The van der Waals surface area contributed by atoms with E-state index in [1.54, 1.807) is 6.07 Å². The highest BCUT2D eigenvalue weighted by Crippen LogP contribution is 2.28. The van der Waals surface area contributed by atoms with E-state index in [0.29, 0.717) is 6.54 Å². The third-order valence-corrected chi connectivity index (χ3v) is 6.23. The molecule has 0 bridgehead atoms. The summed E-state index contributed by atoms with van der Waals surface area (Å²) in [5, 5.41) is 3.13. The first-order valence-electron chi connectivity index (χ1n) is 11.3. The lowest BCUT2D eigenvalue weighted by atomic mass is 10.0. The molecule has 5 nitrogen and oxygen atoms in total. The number of amides is 1. The third kappa shape index (κ3) is 5.59. The number of carbonyl (C=O) groups is 1. The molecular formula is C27H30FN3O2. The van der Waals surface area contributed by atoms with Gasteiger partial charge in [-0.1, -0.05) is 54.6 Å². The quantitative estimate of drug-likeness (QED) is 0.573. The number of para-hydroxylation sites is 1. The van der Waals surface area contributed by atoms with Crippen LogP contribution in [0.1, 0.15) is 12.5 Å². The molecule has 1 aliphatic rings. The van der Waals surface area contributed by atoms with Crippen LogP contribution < -0.4 is 10.1 Å². The molecule has 172 valence electrons. The Kier molecular flexibility index (Phi) is 7.37. The Morgan fingerprint density at radius 2 is 1.70 bits per heavy atom. The van der Waals surface area contributed by atoms with Crippen molar-refractivity contribution in [3.8, 4) is 16.9 Å². The Balaban J connectivity index is 1.33. The van der Waals surface area contributed by atoms with E-state index in [0.717, 1.165) is 48.6 Å². The van der Waals surface area contributed by atoms with Crippen LogP contribution in [0.4, 0.5) is 10.1 Å². The molecule has 0 aromatic heterocycles. The van der Waals surface area contributed by atoms with Crippen LogP contribution in [0.3, 0.4) is 0 Å². The second-order valence-corrected chi connectivity index (χ2v) is 8.36. The van der Waals surface area contributed by atoms with Gasteiger partial charge < -0.3 is 10.1 Å². The lowest BCUT2D eigenvalue weighted by Gasteiger charge is -2.37. The molecule has 1 fully saturated rings. The molecule has 33 heavy (non-hydrogen) atoms. The molecule has 1 N–H and O–H groups in total. The van der Waals surface area contributed by atoms with Gasteiger partial charge in [-0.2, -0.15) is 0 Å². The number of carbonyl (C=O) groups excluding carboxylic acids is 1. The third-order valence-electron chi connectivity index (χ3n) is 6.23. The number of methoxy groups -OCH3 is 1. The lowest BCUT2D eigenvalue weighted by Crippen LogP contribution is -2.52. The Labute approximate surface area is 194 Å². The molecule has 6 heteroatoms. The Morgan fingerprint density at radius 3 is 2.39 bits per heavy atom. The van der Waals surface area contributed by atoms with Gasteiger partial charge in [0, 0.05) is 44.0 Å². The second-order valence-electron chi connectivity index (χ2n) is 8.36. The van der Waals surface area contributed by atoms with Gasteiger partial charge in [0.05, 0.1) is 13.2 Å². The average Bonchev–Trinajstić information content (AvgIpc) is 2.85. The number of nitrogens with zero attached hydrogens (tertiary/aromatic N) is 2. The van der Waals surface area contributed by atoms with E-state index in [9.17, 15) is 9.18 Å². The van der Waals surface area contributed by atoms with Crippen LogP contribution in [0, 0.1) is 5.82 Å². The summed E-state index contributed by atoms with van der Waals surface area (Å²) in [6, 6.07) is 22.8. The van der Waals surface area contributed by atoms with E-state index in [1.807, 2.05) is 67.6 Å². The molecule has 0 unspecified atom stereocenters. The average molecular weight is 448 g/mol. The summed E-state index contributed by atoms with van der Waals surface area (Å²) in [7, 11) is 1.47. The van der Waals surface area contributed by atoms with E-state index < -0.39 is 0 Å². The molecule has 1 aliphatic heterocycles. The van der Waals surface area contributed by atoms with Gasteiger partial charge in [0.15, 0.2) is 11.6 Å². The first kappa shape index (κ1) is 23.0. The number of ether oxygens (including phenoxy) is 1. The minimum atomic E-state index is -0.338. The summed E-state index contributed by atoms with van der Waals surface area (Å²) in [5.41, 5.74) is 3.82. The van der Waals surface area contributed by atoms with Crippen LogP contribution in [0.25, 0.3) is 11.1 Å². The zero-order chi connectivity index (χ0) is 23.2.